The summed E-state index contributed by atoms with van der Waals surface area (Å²) in [6, 6.07) is 5.85. The van der Waals surface area contributed by atoms with Crippen LogP contribution in [0.25, 0.3) is 0 Å². The van der Waals surface area contributed by atoms with Gasteiger partial charge in [-0.2, -0.15) is 0 Å². The number of carboxylic acids is 1. The highest BCUT2D eigenvalue weighted by Gasteiger charge is 2.40. The van der Waals surface area contributed by atoms with Crippen molar-refractivity contribution in [2.24, 2.45) is 11.3 Å². The maximum absolute atomic E-state index is 12.7. The molecule has 0 saturated heterocycles. The fourth-order valence-corrected chi connectivity index (χ4v) is 3.68. The molecule has 1 fully saturated rings. The molecule has 27 heavy (non-hydrogen) atoms. The molecule has 1 unspecified atom stereocenters. The molecule has 3 N–H and O–H groups in total. The third-order valence-electron chi connectivity index (χ3n) is 5.22. The van der Waals surface area contributed by atoms with Gasteiger partial charge in [0, 0.05) is 6.54 Å². The summed E-state index contributed by atoms with van der Waals surface area (Å²) in [5.74, 6) is -1.84. The first-order valence-corrected chi connectivity index (χ1v) is 9.71. The lowest BCUT2D eigenvalue weighted by Gasteiger charge is -2.34. The minimum Gasteiger partial charge on any atom is -0.481 e. The summed E-state index contributed by atoms with van der Waals surface area (Å²) < 4.78 is 0. The van der Waals surface area contributed by atoms with E-state index in [9.17, 15) is 19.5 Å². The monoisotopic (exact) mass is 394 g/mol. The van der Waals surface area contributed by atoms with Gasteiger partial charge in [0.25, 0.3) is 5.91 Å². The van der Waals surface area contributed by atoms with Gasteiger partial charge in [0.2, 0.25) is 5.91 Å². The molecule has 0 bridgehead atoms. The number of carbonyl (C=O) groups is 3. The SMILES string of the molecule is CC(C)C(NC(=O)c1ccccc1Cl)C(=O)NCC1(C(=O)O)CCCCC1. The molecule has 2 amide bonds. The first kappa shape index (κ1) is 21.2. The average Bonchev–Trinajstić information content (AvgIpc) is 2.64. The minimum absolute atomic E-state index is 0.0757. The molecule has 2 rings (SSSR count). The van der Waals surface area contributed by atoms with E-state index in [1.165, 1.54) is 0 Å². The zero-order valence-corrected chi connectivity index (χ0v) is 16.5. The summed E-state index contributed by atoms with van der Waals surface area (Å²) >= 11 is 6.05. The van der Waals surface area contributed by atoms with Crippen molar-refractivity contribution in [3.63, 3.8) is 0 Å². The molecule has 0 radical (unpaired) electrons. The Hall–Kier alpha value is -2.08. The Bertz CT molecular complexity index is 699. The van der Waals surface area contributed by atoms with Crippen molar-refractivity contribution >= 4 is 29.4 Å². The van der Waals surface area contributed by atoms with Gasteiger partial charge in [-0.05, 0) is 30.9 Å². The molecule has 1 saturated carbocycles. The van der Waals surface area contributed by atoms with Crippen LogP contribution in [0.2, 0.25) is 5.02 Å². The normalized spacial score (nSPS) is 17.2. The zero-order chi connectivity index (χ0) is 20.0. The maximum atomic E-state index is 12.7. The number of carboxylic acid groups (broad SMARTS) is 1. The molecular formula is C20H27ClN2O4. The topological polar surface area (TPSA) is 95.5 Å². The van der Waals surface area contributed by atoms with Crippen molar-refractivity contribution in [3.05, 3.63) is 34.9 Å². The first-order valence-electron chi connectivity index (χ1n) is 9.33. The van der Waals surface area contributed by atoms with Crippen molar-refractivity contribution in [2.75, 3.05) is 6.54 Å². The van der Waals surface area contributed by atoms with E-state index < -0.39 is 23.3 Å². The summed E-state index contributed by atoms with van der Waals surface area (Å²) in [5.41, 5.74) is -0.616. The quantitative estimate of drug-likeness (QED) is 0.661. The molecule has 0 heterocycles. The third-order valence-corrected chi connectivity index (χ3v) is 5.55. The van der Waals surface area contributed by atoms with Gasteiger partial charge in [-0.1, -0.05) is 56.8 Å². The van der Waals surface area contributed by atoms with E-state index >= 15 is 0 Å². The van der Waals surface area contributed by atoms with Gasteiger partial charge < -0.3 is 15.7 Å². The lowest BCUT2D eigenvalue weighted by Crippen LogP contribution is -2.53. The Morgan fingerprint density at radius 2 is 1.78 bits per heavy atom. The summed E-state index contributed by atoms with van der Waals surface area (Å²) in [6.45, 7) is 3.72. The number of amides is 2. The van der Waals surface area contributed by atoms with Crippen LogP contribution in [0.5, 0.6) is 0 Å². The van der Waals surface area contributed by atoms with Crippen molar-refractivity contribution in [1.29, 1.82) is 0 Å². The highest BCUT2D eigenvalue weighted by atomic mass is 35.5. The molecule has 1 aromatic carbocycles. The van der Waals surface area contributed by atoms with Crippen molar-refractivity contribution in [3.8, 4) is 0 Å². The predicted molar refractivity (Wildman–Crippen MR) is 104 cm³/mol. The molecule has 1 aliphatic rings. The Morgan fingerprint density at radius 1 is 1.15 bits per heavy atom. The number of carbonyl (C=O) groups excluding carboxylic acids is 2. The van der Waals surface area contributed by atoms with Gasteiger partial charge in [0.15, 0.2) is 0 Å². The van der Waals surface area contributed by atoms with Gasteiger partial charge in [0.1, 0.15) is 6.04 Å². The molecule has 7 heteroatoms. The van der Waals surface area contributed by atoms with Crippen LogP contribution in [0.3, 0.4) is 0 Å². The Kier molecular flexibility index (Phi) is 7.25. The second-order valence-electron chi connectivity index (χ2n) is 7.54. The molecular weight excluding hydrogens is 368 g/mol. The fourth-order valence-electron chi connectivity index (χ4n) is 3.46. The van der Waals surface area contributed by atoms with E-state index in [2.05, 4.69) is 10.6 Å². The summed E-state index contributed by atoms with van der Waals surface area (Å²) in [4.78, 5) is 36.9. The second kappa shape index (κ2) is 9.22. The Morgan fingerprint density at radius 3 is 2.33 bits per heavy atom. The number of nitrogens with one attached hydrogen (secondary N) is 2. The summed E-state index contributed by atoms with van der Waals surface area (Å²) in [6.07, 6.45) is 3.82. The molecule has 1 aromatic rings. The maximum Gasteiger partial charge on any atom is 0.311 e. The average molecular weight is 395 g/mol. The number of hydrogen-bond donors (Lipinski definition) is 3. The molecule has 148 valence electrons. The lowest BCUT2D eigenvalue weighted by molar-refractivity contribution is -0.151. The van der Waals surface area contributed by atoms with Crippen molar-refractivity contribution in [2.45, 2.75) is 52.0 Å². The molecule has 0 aromatic heterocycles. The highest BCUT2D eigenvalue weighted by Crippen LogP contribution is 2.36. The van der Waals surface area contributed by atoms with E-state index in [4.69, 9.17) is 11.6 Å². The van der Waals surface area contributed by atoms with Crippen LogP contribution in [0.4, 0.5) is 0 Å². The Labute approximate surface area is 164 Å². The Balaban J connectivity index is 2.05. The van der Waals surface area contributed by atoms with Gasteiger partial charge >= 0.3 is 5.97 Å². The predicted octanol–water partition coefficient (Wildman–Crippen LogP) is 3.25. The lowest BCUT2D eigenvalue weighted by atomic mass is 9.74. The number of halogens is 1. The molecule has 0 aliphatic heterocycles. The van der Waals surface area contributed by atoms with E-state index in [1.807, 2.05) is 13.8 Å². The molecule has 1 aliphatic carbocycles. The summed E-state index contributed by atoms with van der Waals surface area (Å²) in [7, 11) is 0. The molecule has 6 nitrogen and oxygen atoms in total. The van der Waals surface area contributed by atoms with Crippen LogP contribution >= 0.6 is 11.6 Å². The smallest absolute Gasteiger partial charge is 0.311 e. The van der Waals surface area contributed by atoms with E-state index in [1.54, 1.807) is 24.3 Å². The van der Waals surface area contributed by atoms with E-state index in [0.717, 1.165) is 19.3 Å². The fraction of sp³-hybridized carbons (Fsp3) is 0.550. The van der Waals surface area contributed by atoms with E-state index in [0.29, 0.717) is 23.4 Å². The minimum atomic E-state index is -0.914. The van der Waals surface area contributed by atoms with Crippen LogP contribution in [0.1, 0.15) is 56.3 Å². The van der Waals surface area contributed by atoms with Crippen molar-refractivity contribution < 1.29 is 19.5 Å². The number of rotatable bonds is 7. The van der Waals surface area contributed by atoms with Crippen molar-refractivity contribution in [1.82, 2.24) is 10.6 Å². The number of benzene rings is 1. The molecule has 0 spiro atoms. The van der Waals surface area contributed by atoms with Gasteiger partial charge in [-0.3, -0.25) is 14.4 Å². The van der Waals surface area contributed by atoms with Crippen LogP contribution in [0.15, 0.2) is 24.3 Å². The first-order chi connectivity index (χ1) is 12.8. The molecule has 1 atom stereocenters. The summed E-state index contributed by atoms with van der Waals surface area (Å²) in [5, 5.41) is 15.4. The largest absolute Gasteiger partial charge is 0.481 e. The van der Waals surface area contributed by atoms with Crippen LogP contribution in [-0.4, -0.2) is 35.5 Å². The number of aliphatic carboxylic acids is 1. The highest BCUT2D eigenvalue weighted by molar-refractivity contribution is 6.33. The van der Waals surface area contributed by atoms with Crippen LogP contribution in [0, 0.1) is 11.3 Å². The van der Waals surface area contributed by atoms with Gasteiger partial charge in [0.05, 0.1) is 16.0 Å². The standard InChI is InChI=1S/C20H27ClN2O4/c1-13(2)16(23-17(24)14-8-4-5-9-15(14)21)18(25)22-12-20(19(26)27)10-6-3-7-11-20/h4-5,8-9,13,16H,3,6-7,10-12H2,1-2H3,(H,22,25)(H,23,24)(H,26,27). The van der Waals surface area contributed by atoms with E-state index in [-0.39, 0.29) is 18.4 Å². The third kappa shape index (κ3) is 5.22. The second-order valence-corrected chi connectivity index (χ2v) is 7.95. The van der Waals surface area contributed by atoms with Gasteiger partial charge in [-0.15, -0.1) is 0 Å². The van der Waals surface area contributed by atoms with Gasteiger partial charge in [-0.25, -0.2) is 0 Å². The number of hydrogen-bond acceptors (Lipinski definition) is 3. The zero-order valence-electron chi connectivity index (χ0n) is 15.8. The van der Waals surface area contributed by atoms with Crippen LogP contribution < -0.4 is 10.6 Å². The van der Waals surface area contributed by atoms with Crippen LogP contribution in [-0.2, 0) is 9.59 Å².